The normalized spacial score (nSPS) is 9.54. The monoisotopic (exact) mass is 2640 g/mol. The molecule has 1 N–H and O–H groups in total. The second-order valence-corrected chi connectivity index (χ2v) is 38.4. The number of aliphatic hydroxyl groups excluding tert-OH is 1. The van der Waals surface area contributed by atoms with Crippen LogP contribution in [0.5, 0.6) is 0 Å². The number of aryl methyl sites for hydroxylation is 12. The third kappa shape index (κ3) is 77.4. The van der Waals surface area contributed by atoms with Crippen molar-refractivity contribution in [3.8, 4) is 0 Å². The Morgan fingerprint density at radius 3 is 0.444 bits per heavy atom. The van der Waals surface area contributed by atoms with Crippen molar-refractivity contribution in [3.05, 3.63) is 377 Å². The maximum atomic E-state index is 7.00. The van der Waals surface area contributed by atoms with E-state index in [2.05, 4.69) is 393 Å². The van der Waals surface area contributed by atoms with Gasteiger partial charge in [-0.15, -0.1) is 0 Å². The van der Waals surface area contributed by atoms with Crippen LogP contribution in [0.15, 0.2) is 156 Å². The van der Waals surface area contributed by atoms with Crippen LogP contribution in [-0.4, -0.2) is 54.0 Å². The first kappa shape index (κ1) is 148. The van der Waals surface area contributed by atoms with Crippen molar-refractivity contribution in [2.24, 2.45) is 16.7 Å². The summed E-state index contributed by atoms with van der Waals surface area (Å²) in [4.78, 5) is 0. The largest absolute Gasteiger partial charge is 0.668 e. The summed E-state index contributed by atoms with van der Waals surface area (Å²) in [6, 6.07) is 75.9. The van der Waals surface area contributed by atoms with E-state index in [9.17, 15) is 0 Å². The van der Waals surface area contributed by atoms with Gasteiger partial charge in [-0.05, 0) is 0 Å². The van der Waals surface area contributed by atoms with Gasteiger partial charge in [-0.25, -0.2) is 0 Å². The average molecular weight is 2640 g/mol. The summed E-state index contributed by atoms with van der Waals surface area (Å²) in [5.74, 6) is 0. The molecular weight excluding hydrogens is 2460 g/mol. The van der Waals surface area contributed by atoms with Crippen LogP contribution in [0.1, 0.15) is 306 Å². The summed E-state index contributed by atoms with van der Waals surface area (Å²) in [7, 11) is 4.50. The van der Waals surface area contributed by atoms with E-state index < -0.39 is 0 Å². The first-order chi connectivity index (χ1) is 61.4. The Labute approximate surface area is 886 Å². The van der Waals surface area contributed by atoms with Crippen LogP contribution in [0.25, 0.3) is 5.32 Å². The van der Waals surface area contributed by atoms with Gasteiger partial charge in [0, 0.05) is 7.11 Å². The van der Waals surface area contributed by atoms with Crippen LogP contribution < -0.4 is 0 Å². The van der Waals surface area contributed by atoms with Crippen LogP contribution in [0.3, 0.4) is 0 Å². The molecule has 12 heteroatoms. The van der Waals surface area contributed by atoms with Crippen LogP contribution in [0.4, 0.5) is 0 Å². The number of nitrogens with zero attached hydrogens (tertiary/aromatic N) is 6. The van der Waals surface area contributed by atoms with Crippen molar-refractivity contribution in [2.45, 2.75) is 371 Å². The van der Waals surface area contributed by atoms with E-state index in [4.69, 9.17) is 5.11 Å². The van der Waals surface area contributed by atoms with E-state index in [0.717, 1.165) is 150 Å². The number of benzene rings is 10. The van der Waals surface area contributed by atoms with Crippen LogP contribution in [0.2, 0.25) is 0 Å². The zero-order valence-corrected chi connectivity index (χ0v) is 109. The number of aliphatic hydroxyl groups is 1. The summed E-state index contributed by atoms with van der Waals surface area (Å²) < 4.78 is 21.2. The van der Waals surface area contributed by atoms with Gasteiger partial charge < -0.3 is 31.7 Å². The Balaban J connectivity index is -0.000000152. The molecule has 743 valence electrons. The molecule has 10 aromatic carbocycles. The Morgan fingerprint density at radius 1 is 0.256 bits per heavy atom. The van der Waals surface area contributed by atoms with Crippen molar-refractivity contribution in [1.82, 2.24) is 0 Å². The van der Waals surface area contributed by atoms with E-state index >= 15 is 0 Å². The van der Waals surface area contributed by atoms with Crippen LogP contribution in [-0.2, 0) is 104 Å². The van der Waals surface area contributed by atoms with Gasteiger partial charge in [0.05, 0.1) is 0 Å². The molecule has 0 bridgehead atoms. The summed E-state index contributed by atoms with van der Waals surface area (Å²) in [6.45, 7) is 101. The van der Waals surface area contributed by atoms with Gasteiger partial charge in [0.2, 0.25) is 0 Å². The fraction of sp³-hybridized carbons (Fsp3) is 0.479. The summed E-state index contributed by atoms with van der Waals surface area (Å²) in [5.41, 5.74) is 37.6. The van der Waals surface area contributed by atoms with E-state index in [1.165, 1.54) is 150 Å². The fourth-order valence-corrected chi connectivity index (χ4v) is 11.4. The van der Waals surface area contributed by atoms with E-state index in [-0.39, 0.29) is 35.1 Å². The molecular formula is C121H184N6OTa5-14. The molecule has 0 aromatic heterocycles. The third-order valence-corrected chi connectivity index (χ3v) is 32.3. The quantitative estimate of drug-likeness (QED) is 0.136. The second-order valence-electron chi connectivity index (χ2n) is 34.8. The molecule has 0 saturated carbocycles. The molecule has 133 heavy (non-hydrogen) atoms. The zero-order valence-electron chi connectivity index (χ0n) is 93.3. The van der Waals surface area contributed by atoms with E-state index in [1.807, 2.05) is 140 Å². The van der Waals surface area contributed by atoms with E-state index in [1.54, 1.807) is 21.0 Å². The van der Waals surface area contributed by atoms with Gasteiger partial charge in [0.15, 0.2) is 0 Å². The molecule has 0 radical (unpaired) electrons. The third-order valence-electron chi connectivity index (χ3n) is 22.6. The second kappa shape index (κ2) is 88.3. The van der Waals surface area contributed by atoms with Gasteiger partial charge in [-0.2, -0.15) is 378 Å². The van der Waals surface area contributed by atoms with Crippen molar-refractivity contribution < 1.29 is 110 Å². The molecule has 0 saturated heterocycles. The minimum Gasteiger partial charge on any atom is -0.668 e. The number of rotatable bonds is 10. The average Bonchev–Trinajstić information content (AvgIpc) is 0.856. The first-order valence-electron chi connectivity index (χ1n) is 46.1. The summed E-state index contributed by atoms with van der Waals surface area (Å²) >= 11 is 5.79. The van der Waals surface area contributed by atoms with E-state index in [0.29, 0.717) is 0 Å². The molecule has 0 unspecified atom stereocenters. The van der Waals surface area contributed by atoms with Gasteiger partial charge in [0.25, 0.3) is 0 Å². The molecule has 0 fully saturated rings. The zero-order chi connectivity index (χ0) is 105. The first-order valence-corrected chi connectivity index (χ1v) is 53.2. The van der Waals surface area contributed by atoms with Gasteiger partial charge >= 0.3 is 285 Å². The number of hydrogen-bond donors (Lipinski definition) is 1. The van der Waals surface area contributed by atoms with Crippen molar-refractivity contribution >= 4 is 0 Å². The molecule has 0 aliphatic heterocycles. The predicted molar refractivity (Wildman–Crippen MR) is 571 cm³/mol. The molecule has 10 aromatic rings. The maximum absolute atomic E-state index is 7.00. The minimum atomic E-state index is 0. The molecule has 7 nitrogen and oxygen atoms in total. The SMILES string of the molecule is CCC(C)(C)[N]=[Ta].CCC(C)(C)[N]=[Ta].CCC(C)(C)[N]=[Ta].CCC(C)(C)[N]=[Ta].CCC(C)(C)[N]=[Ta].CO.C[N-]C.Cc1[c-]c(C)c(C)c(C)c1C.Cc1[c-]c(C)c(C)c(C)c1C.Cc1[c-]c(C)c(C)c(C)c1C.Cc1[c-]c(C)c(C)c(C)c1C.Cc1[c-]c(C)c(C)c(C)c1C.Cc1[c-]cccc1C.[CH2-]C.[CH2-]CC.[CH3-].[c-]1ccccc1.[c-]1ccccc1.[c-]1ccccc1.[c-]1ccccc1. The van der Waals surface area contributed by atoms with Crippen LogP contribution in [0, 0.1) is 269 Å². The Kier molecular flexibility index (Phi) is 98.3. The molecule has 0 amide bonds. The Bertz CT molecular complexity index is 3710. The van der Waals surface area contributed by atoms with Crippen molar-refractivity contribution in [3.63, 3.8) is 0 Å². The summed E-state index contributed by atoms with van der Waals surface area (Å²) in [5, 5.41) is 10.5. The summed E-state index contributed by atoms with van der Waals surface area (Å²) in [6.07, 6.45) is 6.78. The number of hydrogen-bond acceptors (Lipinski definition) is 6. The molecule has 0 heterocycles. The van der Waals surface area contributed by atoms with Gasteiger partial charge in [-0.3, -0.25) is 0 Å². The smallest absolute Gasteiger partial charge is 0.0319 e. The molecule has 0 spiro atoms. The van der Waals surface area contributed by atoms with Crippen molar-refractivity contribution in [1.29, 1.82) is 0 Å². The predicted octanol–water partition coefficient (Wildman–Crippen LogP) is 35.5. The van der Waals surface area contributed by atoms with Crippen LogP contribution >= 0.6 is 0 Å². The molecule has 0 aliphatic rings. The Morgan fingerprint density at radius 2 is 0.383 bits per heavy atom. The Hall–Kier alpha value is -5.18. The van der Waals surface area contributed by atoms with Gasteiger partial charge in [-0.1, -0.05) is 194 Å². The maximum Gasteiger partial charge on any atom is 0.0319 e. The molecule has 0 aliphatic carbocycles. The molecule has 0 atom stereocenters. The minimum absolute atomic E-state index is 0. The van der Waals surface area contributed by atoms with Crippen molar-refractivity contribution in [2.75, 3.05) is 21.2 Å². The fourth-order valence-electron chi connectivity index (χ4n) is 8.89. The van der Waals surface area contributed by atoms with Gasteiger partial charge in [0.1, 0.15) is 0 Å². The molecule has 10 rings (SSSR count). The standard InChI is InChI=1S/5C11H15.C8H9.4C6H5.5C5H11N.C3H7.C2H6N.C2H5.CH4O.CH3.5Ta/c5*1-7-6-8(2)10(4)11(5)9(7)3;1-7-5-3-4-6-8(7)2;4*1-2-4-6-5-3-1;5*1-4-5(2,3)6;2*1-3-2;2*1-2;;;;;;/h5*1-5H3;3-5H,1-2H3;4*1-5H;5*4H2,1-3H3;1,3H2,2H3;1-2H3;1H2,2H3;2H,1H3;1H3;;;;;/q10*-1;;;;;;3*-1;;-1;;;;;. The topological polar surface area (TPSA) is 96.1 Å².